The van der Waals surface area contributed by atoms with E-state index in [9.17, 15) is 4.79 Å². The van der Waals surface area contributed by atoms with Gasteiger partial charge in [0.05, 0.1) is 13.2 Å². The van der Waals surface area contributed by atoms with Gasteiger partial charge in [-0.15, -0.1) is 0 Å². The summed E-state index contributed by atoms with van der Waals surface area (Å²) in [6, 6.07) is 0.0972. The van der Waals surface area contributed by atoms with E-state index in [1.165, 1.54) is 0 Å². The molecule has 1 N–H and O–H groups in total. The largest absolute Gasteiger partial charge is 0.380 e. The molecule has 0 atom stereocenters. The summed E-state index contributed by atoms with van der Waals surface area (Å²) in [6.07, 6.45) is 2.27. The van der Waals surface area contributed by atoms with Gasteiger partial charge in [0.15, 0.2) is 0 Å². The van der Waals surface area contributed by atoms with E-state index in [4.69, 9.17) is 4.74 Å². The van der Waals surface area contributed by atoms with Crippen molar-refractivity contribution in [2.75, 3.05) is 32.8 Å². The fraction of sp³-hybridized carbons (Fsp3) is 0.917. The zero-order chi connectivity index (χ0) is 11.6. The molecule has 4 nitrogen and oxygen atoms in total. The highest BCUT2D eigenvalue weighted by Gasteiger charge is 2.34. The molecular formula is C12H22N2O2. The monoisotopic (exact) mass is 226 g/mol. The molecule has 2 rings (SSSR count). The first kappa shape index (κ1) is 11.7. The van der Waals surface area contributed by atoms with Gasteiger partial charge in [0, 0.05) is 25.0 Å². The van der Waals surface area contributed by atoms with E-state index in [1.807, 2.05) is 4.90 Å². The van der Waals surface area contributed by atoms with Gasteiger partial charge in [-0.25, -0.2) is 4.79 Å². The van der Waals surface area contributed by atoms with Crippen LogP contribution in [-0.4, -0.2) is 43.8 Å². The Bertz CT molecular complexity index is 256. The highest BCUT2D eigenvalue weighted by Crippen LogP contribution is 2.25. The maximum absolute atomic E-state index is 11.9. The van der Waals surface area contributed by atoms with Crippen LogP contribution in [0.25, 0.3) is 0 Å². The summed E-state index contributed by atoms with van der Waals surface area (Å²) >= 11 is 0. The Balaban J connectivity index is 1.71. The molecule has 92 valence electrons. The highest BCUT2D eigenvalue weighted by molar-refractivity contribution is 5.74. The van der Waals surface area contributed by atoms with Gasteiger partial charge in [-0.3, -0.25) is 0 Å². The Morgan fingerprint density at radius 3 is 2.56 bits per heavy atom. The summed E-state index contributed by atoms with van der Waals surface area (Å²) in [7, 11) is 0. The van der Waals surface area contributed by atoms with E-state index >= 15 is 0 Å². The third-order valence-corrected chi connectivity index (χ3v) is 3.64. The zero-order valence-corrected chi connectivity index (χ0v) is 10.3. The van der Waals surface area contributed by atoms with Crippen LogP contribution in [0.1, 0.15) is 26.7 Å². The second-order valence-electron chi connectivity index (χ2n) is 5.63. The number of carbonyl (C=O) groups is 1. The number of amides is 2. The van der Waals surface area contributed by atoms with Gasteiger partial charge in [-0.05, 0) is 18.8 Å². The average molecular weight is 226 g/mol. The maximum Gasteiger partial charge on any atom is 0.317 e. The van der Waals surface area contributed by atoms with Crippen molar-refractivity contribution in [3.63, 3.8) is 0 Å². The fourth-order valence-electron chi connectivity index (χ4n) is 2.17. The number of hydrogen-bond acceptors (Lipinski definition) is 2. The molecule has 0 unspecified atom stereocenters. The summed E-state index contributed by atoms with van der Waals surface area (Å²) in [5, 5.41) is 3.02. The van der Waals surface area contributed by atoms with E-state index < -0.39 is 0 Å². The van der Waals surface area contributed by atoms with Crippen LogP contribution in [0, 0.1) is 11.3 Å². The van der Waals surface area contributed by atoms with Crippen molar-refractivity contribution in [1.29, 1.82) is 0 Å². The molecule has 2 amide bonds. The van der Waals surface area contributed by atoms with Gasteiger partial charge in [0.2, 0.25) is 0 Å². The number of piperidine rings is 1. The SMILES string of the molecule is CC1CCN(C(=O)NCC2(C)COC2)CC1. The predicted molar refractivity (Wildman–Crippen MR) is 62.3 cm³/mol. The minimum atomic E-state index is 0.0972. The van der Waals surface area contributed by atoms with E-state index in [0.29, 0.717) is 0 Å². The molecule has 0 saturated carbocycles. The average Bonchev–Trinajstić information content (AvgIpc) is 2.24. The zero-order valence-electron chi connectivity index (χ0n) is 10.3. The molecule has 0 radical (unpaired) electrons. The fourth-order valence-corrected chi connectivity index (χ4v) is 2.17. The molecule has 16 heavy (non-hydrogen) atoms. The summed E-state index contributed by atoms with van der Waals surface area (Å²) in [4.78, 5) is 13.8. The third kappa shape index (κ3) is 2.67. The van der Waals surface area contributed by atoms with Crippen molar-refractivity contribution >= 4 is 6.03 Å². The Morgan fingerprint density at radius 2 is 2.06 bits per heavy atom. The molecule has 0 aliphatic carbocycles. The van der Waals surface area contributed by atoms with Crippen molar-refractivity contribution < 1.29 is 9.53 Å². The minimum Gasteiger partial charge on any atom is -0.380 e. The topological polar surface area (TPSA) is 41.6 Å². The summed E-state index contributed by atoms with van der Waals surface area (Å²) < 4.78 is 5.16. The van der Waals surface area contributed by atoms with E-state index in [-0.39, 0.29) is 11.4 Å². The molecular weight excluding hydrogens is 204 g/mol. The van der Waals surface area contributed by atoms with Gasteiger partial charge in [0.1, 0.15) is 0 Å². The lowest BCUT2D eigenvalue weighted by molar-refractivity contribution is -0.0979. The number of ether oxygens (including phenoxy) is 1. The first-order valence-electron chi connectivity index (χ1n) is 6.20. The number of urea groups is 1. The van der Waals surface area contributed by atoms with E-state index in [1.54, 1.807) is 0 Å². The van der Waals surface area contributed by atoms with E-state index in [0.717, 1.165) is 51.6 Å². The lowest BCUT2D eigenvalue weighted by Crippen LogP contribution is -2.52. The molecule has 0 bridgehead atoms. The summed E-state index contributed by atoms with van der Waals surface area (Å²) in [5.74, 6) is 0.765. The van der Waals surface area contributed by atoms with Crippen molar-refractivity contribution in [3.8, 4) is 0 Å². The van der Waals surface area contributed by atoms with E-state index in [2.05, 4.69) is 19.2 Å². The molecule has 2 heterocycles. The van der Waals surface area contributed by atoms with Gasteiger partial charge < -0.3 is 15.0 Å². The van der Waals surface area contributed by atoms with Crippen LogP contribution in [0.3, 0.4) is 0 Å². The standard InChI is InChI=1S/C12H22N2O2/c1-10-3-5-14(6-4-10)11(15)13-7-12(2)8-16-9-12/h10H,3-9H2,1-2H3,(H,13,15). The molecule has 0 aromatic rings. The second-order valence-corrected chi connectivity index (χ2v) is 5.63. The Morgan fingerprint density at radius 1 is 1.44 bits per heavy atom. The third-order valence-electron chi connectivity index (χ3n) is 3.64. The van der Waals surface area contributed by atoms with Crippen LogP contribution >= 0.6 is 0 Å². The van der Waals surface area contributed by atoms with Crippen molar-refractivity contribution in [1.82, 2.24) is 10.2 Å². The van der Waals surface area contributed by atoms with Gasteiger partial charge >= 0.3 is 6.03 Å². The lowest BCUT2D eigenvalue weighted by atomic mass is 9.89. The molecule has 4 heteroatoms. The van der Waals surface area contributed by atoms with Crippen LogP contribution in [0.5, 0.6) is 0 Å². The van der Waals surface area contributed by atoms with Crippen molar-refractivity contribution in [3.05, 3.63) is 0 Å². The predicted octanol–water partition coefficient (Wildman–Crippen LogP) is 1.46. The summed E-state index contributed by atoms with van der Waals surface area (Å²) in [6.45, 7) is 8.48. The highest BCUT2D eigenvalue weighted by atomic mass is 16.5. The molecule has 0 spiro atoms. The maximum atomic E-state index is 11.9. The Hall–Kier alpha value is -0.770. The van der Waals surface area contributed by atoms with Crippen LogP contribution in [0.15, 0.2) is 0 Å². The molecule has 0 aromatic heterocycles. The van der Waals surface area contributed by atoms with Crippen LogP contribution in [0.2, 0.25) is 0 Å². The van der Waals surface area contributed by atoms with Gasteiger partial charge in [0.25, 0.3) is 0 Å². The normalized spacial score (nSPS) is 25.0. The number of nitrogens with zero attached hydrogens (tertiary/aromatic N) is 1. The number of carbonyl (C=O) groups excluding carboxylic acids is 1. The minimum absolute atomic E-state index is 0.0972. The van der Waals surface area contributed by atoms with Gasteiger partial charge in [-0.1, -0.05) is 13.8 Å². The molecule has 2 aliphatic rings. The number of likely N-dealkylation sites (tertiary alicyclic amines) is 1. The number of rotatable bonds is 2. The molecule has 2 saturated heterocycles. The van der Waals surface area contributed by atoms with Crippen molar-refractivity contribution in [2.24, 2.45) is 11.3 Å². The first-order chi connectivity index (χ1) is 7.59. The van der Waals surface area contributed by atoms with Crippen molar-refractivity contribution in [2.45, 2.75) is 26.7 Å². The van der Waals surface area contributed by atoms with Crippen LogP contribution in [-0.2, 0) is 4.74 Å². The first-order valence-corrected chi connectivity index (χ1v) is 6.20. The molecule has 0 aromatic carbocycles. The Kier molecular flexibility index (Phi) is 3.38. The van der Waals surface area contributed by atoms with Crippen LogP contribution < -0.4 is 5.32 Å². The number of hydrogen-bond donors (Lipinski definition) is 1. The van der Waals surface area contributed by atoms with Crippen LogP contribution in [0.4, 0.5) is 4.79 Å². The molecule has 2 fully saturated rings. The quantitative estimate of drug-likeness (QED) is 0.774. The number of nitrogens with one attached hydrogen (secondary N) is 1. The lowest BCUT2D eigenvalue weighted by Gasteiger charge is -2.39. The Labute approximate surface area is 97.3 Å². The molecule has 2 aliphatic heterocycles. The van der Waals surface area contributed by atoms with Gasteiger partial charge in [-0.2, -0.15) is 0 Å². The smallest absolute Gasteiger partial charge is 0.317 e. The second kappa shape index (κ2) is 4.62. The summed E-state index contributed by atoms with van der Waals surface area (Å²) in [5.41, 5.74) is 0.165.